The third kappa shape index (κ3) is 4.28. The van der Waals surface area contributed by atoms with Crippen molar-refractivity contribution in [2.75, 3.05) is 19.6 Å². The Morgan fingerprint density at radius 1 is 1.40 bits per heavy atom. The number of sulfonamides is 1. The Morgan fingerprint density at radius 2 is 2.15 bits per heavy atom. The van der Waals surface area contributed by atoms with Crippen molar-refractivity contribution in [1.29, 1.82) is 0 Å². The molecule has 0 bridgehead atoms. The average Bonchev–Trinajstić information content (AvgIpc) is 2.37. The molecule has 0 atom stereocenters. The van der Waals surface area contributed by atoms with Crippen LogP contribution in [0.2, 0.25) is 0 Å². The highest BCUT2D eigenvalue weighted by Crippen LogP contribution is 2.16. The fraction of sp³-hybridized carbons (Fsp3) is 0.385. The Morgan fingerprint density at radius 3 is 2.75 bits per heavy atom. The van der Waals surface area contributed by atoms with Crippen LogP contribution < -0.4 is 10.0 Å². The van der Waals surface area contributed by atoms with Gasteiger partial charge in [-0.15, -0.1) is 12.4 Å². The van der Waals surface area contributed by atoms with E-state index in [1.54, 1.807) is 13.0 Å². The minimum Gasteiger partial charge on any atom is -0.313 e. The topological polar surface area (TPSA) is 58.2 Å². The molecule has 1 aromatic rings. The fourth-order valence-corrected chi connectivity index (χ4v) is 3.01. The summed E-state index contributed by atoms with van der Waals surface area (Å²) in [5.41, 5.74) is 1.72. The first-order valence-electron chi connectivity index (χ1n) is 6.13. The third-order valence-corrected chi connectivity index (χ3v) is 4.46. The summed E-state index contributed by atoms with van der Waals surface area (Å²) < 4.78 is 40.1. The van der Waals surface area contributed by atoms with Crippen molar-refractivity contribution < 1.29 is 12.8 Å². The van der Waals surface area contributed by atoms with E-state index in [-0.39, 0.29) is 23.8 Å². The lowest BCUT2D eigenvalue weighted by Crippen LogP contribution is -2.30. The van der Waals surface area contributed by atoms with Crippen molar-refractivity contribution in [1.82, 2.24) is 10.0 Å². The van der Waals surface area contributed by atoms with Crippen LogP contribution in [0.3, 0.4) is 0 Å². The molecule has 0 aliphatic carbocycles. The number of hydrogen-bond acceptors (Lipinski definition) is 3. The van der Waals surface area contributed by atoms with Gasteiger partial charge < -0.3 is 5.32 Å². The highest BCUT2D eigenvalue weighted by molar-refractivity contribution is 7.89. The molecule has 0 saturated heterocycles. The van der Waals surface area contributed by atoms with Crippen LogP contribution in [0.15, 0.2) is 34.7 Å². The van der Waals surface area contributed by atoms with Crippen LogP contribution in [-0.4, -0.2) is 28.1 Å². The Hall–Kier alpha value is -0.950. The molecular weight excluding hydrogens is 303 g/mol. The van der Waals surface area contributed by atoms with Crippen LogP contribution in [-0.2, 0) is 10.0 Å². The maximum absolute atomic E-state index is 13.7. The van der Waals surface area contributed by atoms with Gasteiger partial charge in [0.2, 0.25) is 10.0 Å². The Bertz CT molecular complexity index is 602. The van der Waals surface area contributed by atoms with Crippen LogP contribution in [0.5, 0.6) is 0 Å². The van der Waals surface area contributed by atoms with E-state index in [2.05, 4.69) is 10.0 Å². The number of benzene rings is 1. The van der Waals surface area contributed by atoms with Crippen molar-refractivity contribution in [2.45, 2.75) is 18.2 Å². The van der Waals surface area contributed by atoms with E-state index in [0.717, 1.165) is 25.1 Å². The molecule has 2 N–H and O–H groups in total. The van der Waals surface area contributed by atoms with Gasteiger partial charge in [0, 0.05) is 13.1 Å². The Kier molecular flexibility index (Phi) is 6.13. The average molecular weight is 321 g/mol. The molecule has 0 saturated carbocycles. The fourth-order valence-electron chi connectivity index (χ4n) is 1.92. The van der Waals surface area contributed by atoms with Gasteiger partial charge in [-0.3, -0.25) is 0 Å². The van der Waals surface area contributed by atoms with Gasteiger partial charge in [0.1, 0.15) is 10.7 Å². The molecule has 0 radical (unpaired) electrons. The zero-order chi connectivity index (χ0) is 13.9. The predicted octanol–water partition coefficient (Wildman–Crippen LogP) is 1.75. The molecule has 0 amide bonds. The largest absolute Gasteiger partial charge is 0.313 e. The van der Waals surface area contributed by atoms with Crippen molar-refractivity contribution in [2.24, 2.45) is 0 Å². The van der Waals surface area contributed by atoms with E-state index in [1.807, 2.05) is 6.08 Å². The molecule has 1 aliphatic rings. The summed E-state index contributed by atoms with van der Waals surface area (Å²) in [5.74, 6) is -0.716. The summed E-state index contributed by atoms with van der Waals surface area (Å²) in [6, 6.07) is 4.10. The van der Waals surface area contributed by atoms with Gasteiger partial charge in [0.05, 0.1) is 0 Å². The lowest BCUT2D eigenvalue weighted by Gasteiger charge is -2.15. The molecule has 0 fully saturated rings. The molecule has 1 aliphatic heterocycles. The first-order valence-corrected chi connectivity index (χ1v) is 7.62. The lowest BCUT2D eigenvalue weighted by molar-refractivity contribution is 0.557. The molecule has 7 heteroatoms. The smallest absolute Gasteiger partial charge is 0.243 e. The van der Waals surface area contributed by atoms with E-state index < -0.39 is 15.8 Å². The maximum Gasteiger partial charge on any atom is 0.243 e. The summed E-state index contributed by atoms with van der Waals surface area (Å²) >= 11 is 0. The van der Waals surface area contributed by atoms with Gasteiger partial charge in [-0.2, -0.15) is 0 Å². The monoisotopic (exact) mass is 320 g/mol. The molecule has 1 heterocycles. The SMILES string of the molecule is Cc1ccc(S(=O)(=O)NCC2=CCNCC2)c(F)c1.Cl. The minimum atomic E-state index is -3.79. The number of hydrogen-bond donors (Lipinski definition) is 2. The molecule has 4 nitrogen and oxygen atoms in total. The van der Waals surface area contributed by atoms with Gasteiger partial charge in [-0.1, -0.05) is 17.7 Å². The standard InChI is InChI=1S/C13H17FN2O2S.ClH/c1-10-2-3-13(12(14)8-10)19(17,18)16-9-11-4-6-15-7-5-11;/h2-4,8,15-16H,5-7,9H2,1H3;1H. The molecule has 1 aromatic carbocycles. The van der Waals surface area contributed by atoms with Crippen molar-refractivity contribution in [3.63, 3.8) is 0 Å². The van der Waals surface area contributed by atoms with Crippen LogP contribution in [0.25, 0.3) is 0 Å². The summed E-state index contributed by atoms with van der Waals surface area (Å²) in [6.07, 6.45) is 2.76. The van der Waals surface area contributed by atoms with Crippen LogP contribution >= 0.6 is 12.4 Å². The number of nitrogens with one attached hydrogen (secondary N) is 2. The van der Waals surface area contributed by atoms with Gasteiger partial charge in [0.25, 0.3) is 0 Å². The quantitative estimate of drug-likeness (QED) is 0.831. The van der Waals surface area contributed by atoms with Gasteiger partial charge in [-0.25, -0.2) is 17.5 Å². The van der Waals surface area contributed by atoms with Crippen molar-refractivity contribution >= 4 is 22.4 Å². The summed E-state index contributed by atoms with van der Waals surface area (Å²) in [7, 11) is -3.79. The highest BCUT2D eigenvalue weighted by atomic mass is 35.5. The van der Waals surface area contributed by atoms with Gasteiger partial charge in [0.15, 0.2) is 0 Å². The van der Waals surface area contributed by atoms with E-state index >= 15 is 0 Å². The first kappa shape index (κ1) is 17.1. The maximum atomic E-state index is 13.7. The Balaban J connectivity index is 0.00000200. The summed E-state index contributed by atoms with van der Waals surface area (Å²) in [4.78, 5) is -0.298. The normalized spacial score (nSPS) is 15.4. The van der Waals surface area contributed by atoms with E-state index in [4.69, 9.17) is 0 Å². The van der Waals surface area contributed by atoms with Crippen molar-refractivity contribution in [3.05, 3.63) is 41.2 Å². The van der Waals surface area contributed by atoms with Crippen molar-refractivity contribution in [3.8, 4) is 0 Å². The van der Waals surface area contributed by atoms with Crippen LogP contribution in [0, 0.1) is 12.7 Å². The lowest BCUT2D eigenvalue weighted by atomic mass is 10.1. The second-order valence-electron chi connectivity index (χ2n) is 4.57. The molecule has 0 unspecified atom stereocenters. The second-order valence-corrected chi connectivity index (χ2v) is 6.31. The zero-order valence-corrected chi connectivity index (χ0v) is 12.8. The summed E-state index contributed by atoms with van der Waals surface area (Å²) in [5, 5.41) is 3.15. The Labute approximate surface area is 124 Å². The van der Waals surface area contributed by atoms with Crippen LogP contribution in [0.1, 0.15) is 12.0 Å². The first-order chi connectivity index (χ1) is 8.99. The van der Waals surface area contributed by atoms with Crippen LogP contribution in [0.4, 0.5) is 4.39 Å². The number of rotatable bonds is 4. The van der Waals surface area contributed by atoms with Gasteiger partial charge >= 0.3 is 0 Å². The van der Waals surface area contributed by atoms with E-state index in [1.165, 1.54) is 12.1 Å². The minimum absolute atomic E-state index is 0. The number of halogens is 2. The molecule has 0 spiro atoms. The summed E-state index contributed by atoms with van der Waals surface area (Å²) in [6.45, 7) is 3.53. The predicted molar refractivity (Wildman–Crippen MR) is 79.1 cm³/mol. The second kappa shape index (κ2) is 7.17. The van der Waals surface area contributed by atoms with Gasteiger partial charge in [-0.05, 0) is 37.6 Å². The molecular formula is C13H18ClFN2O2S. The molecule has 112 valence electrons. The van der Waals surface area contributed by atoms with E-state index in [0.29, 0.717) is 5.56 Å². The zero-order valence-electron chi connectivity index (χ0n) is 11.1. The molecule has 2 rings (SSSR count). The molecule has 0 aromatic heterocycles. The van der Waals surface area contributed by atoms with E-state index in [9.17, 15) is 12.8 Å². The third-order valence-electron chi connectivity index (χ3n) is 3.02. The molecule has 20 heavy (non-hydrogen) atoms. The number of aryl methyl sites for hydroxylation is 1. The highest BCUT2D eigenvalue weighted by Gasteiger charge is 2.19.